The van der Waals surface area contributed by atoms with Gasteiger partial charge in [0.15, 0.2) is 24.7 Å². The number of hydrogen-bond acceptors (Lipinski definition) is 8. The molecule has 0 radical (unpaired) electrons. The molecule has 0 aliphatic carbocycles. The maximum atomic E-state index is 12.4. The van der Waals surface area contributed by atoms with E-state index in [9.17, 15) is 9.59 Å². The second kappa shape index (κ2) is 13.8. The van der Waals surface area contributed by atoms with Gasteiger partial charge in [0, 0.05) is 22.8 Å². The second-order valence-electron chi connectivity index (χ2n) is 8.31. The van der Waals surface area contributed by atoms with E-state index in [1.807, 2.05) is 79.0 Å². The zero-order chi connectivity index (χ0) is 26.7. The Balaban J connectivity index is 1.28. The number of methoxy groups -OCH3 is 1. The molecule has 0 unspecified atom stereocenters. The number of hydrogen-bond donors (Lipinski definition) is 2. The minimum atomic E-state index is -0.407. The van der Waals surface area contributed by atoms with E-state index in [1.165, 1.54) is 30.4 Å². The first kappa shape index (κ1) is 27.4. The molecule has 198 valence electrons. The molecule has 10 heteroatoms. The Hall–Kier alpha value is -3.63. The first-order valence-corrected chi connectivity index (χ1v) is 14.1. The van der Waals surface area contributed by atoms with Crippen LogP contribution in [0.15, 0.2) is 71.8 Å². The zero-order valence-corrected chi connectivity index (χ0v) is 22.8. The fraction of sp³-hybridized carbons (Fsp3) is 0.250. The van der Waals surface area contributed by atoms with Gasteiger partial charge in [-0.25, -0.2) is 5.43 Å². The van der Waals surface area contributed by atoms with Crippen molar-refractivity contribution >= 4 is 47.2 Å². The van der Waals surface area contributed by atoms with Crippen molar-refractivity contribution in [3.05, 3.63) is 83.4 Å². The van der Waals surface area contributed by atoms with Crippen molar-refractivity contribution in [2.75, 3.05) is 37.1 Å². The monoisotopic (exact) mass is 551 g/mol. The van der Waals surface area contributed by atoms with E-state index in [4.69, 9.17) is 14.2 Å². The summed E-state index contributed by atoms with van der Waals surface area (Å²) in [6, 6.07) is 20.5. The molecule has 1 fully saturated rings. The molecule has 0 aromatic heterocycles. The lowest BCUT2D eigenvalue weighted by atomic mass is 10.2. The van der Waals surface area contributed by atoms with Crippen LogP contribution >= 0.6 is 23.5 Å². The number of amides is 2. The Kier molecular flexibility index (Phi) is 9.94. The normalized spacial score (nSPS) is 13.3. The van der Waals surface area contributed by atoms with Crippen LogP contribution in [0.1, 0.15) is 21.3 Å². The lowest BCUT2D eigenvalue weighted by Gasteiger charge is -2.13. The van der Waals surface area contributed by atoms with Crippen molar-refractivity contribution in [3.8, 4) is 17.2 Å². The van der Waals surface area contributed by atoms with Gasteiger partial charge in [-0.3, -0.25) is 9.59 Å². The van der Waals surface area contributed by atoms with Gasteiger partial charge in [-0.15, -0.1) is 23.5 Å². The van der Waals surface area contributed by atoms with Gasteiger partial charge >= 0.3 is 0 Å². The smallest absolute Gasteiger partial charge is 0.277 e. The quantitative estimate of drug-likeness (QED) is 0.255. The number of carbonyl (C=O) groups excluding carboxylic acids is 2. The Morgan fingerprint density at radius 1 is 0.947 bits per heavy atom. The van der Waals surface area contributed by atoms with Crippen molar-refractivity contribution in [2.24, 2.45) is 5.10 Å². The van der Waals surface area contributed by atoms with Crippen LogP contribution in [0.2, 0.25) is 0 Å². The lowest BCUT2D eigenvalue weighted by Crippen LogP contribution is -2.24. The van der Waals surface area contributed by atoms with Crippen molar-refractivity contribution < 1.29 is 23.8 Å². The average Bonchev–Trinajstić information content (AvgIpc) is 3.48. The number of ether oxygens (including phenoxy) is 3. The summed E-state index contributed by atoms with van der Waals surface area (Å²) in [6.07, 6.45) is 1.43. The molecule has 1 heterocycles. The highest BCUT2D eigenvalue weighted by molar-refractivity contribution is 8.19. The molecule has 1 aliphatic heterocycles. The SMILES string of the molecule is COc1cccc(/C=N\NC(=O)COc2ccc(C3SCCS3)cc2)c1OCC(=O)Nc1ccc(C)cc1. The lowest BCUT2D eigenvalue weighted by molar-refractivity contribution is -0.123. The number of rotatable bonds is 11. The van der Waals surface area contributed by atoms with Crippen LogP contribution in [0.5, 0.6) is 17.2 Å². The van der Waals surface area contributed by atoms with Crippen LogP contribution in [-0.4, -0.2) is 49.9 Å². The van der Waals surface area contributed by atoms with E-state index in [1.54, 1.807) is 18.2 Å². The highest BCUT2D eigenvalue weighted by Crippen LogP contribution is 2.45. The van der Waals surface area contributed by atoms with Crippen LogP contribution < -0.4 is 25.0 Å². The first-order chi connectivity index (χ1) is 18.5. The number of nitrogens with one attached hydrogen (secondary N) is 2. The number of benzene rings is 3. The molecule has 3 aromatic carbocycles. The molecule has 1 saturated heterocycles. The first-order valence-electron chi connectivity index (χ1n) is 12.0. The number of thioether (sulfide) groups is 2. The standard InChI is InChI=1S/C28H29N3O5S2/c1-19-6-10-22(11-7-19)30-25(32)17-36-27-21(4-3-5-24(27)34-2)16-29-31-26(33)18-35-23-12-8-20(9-13-23)28-37-14-15-38-28/h3-13,16,28H,14-15,17-18H2,1-2H3,(H,30,32)(H,31,33)/b29-16-. The van der Waals surface area contributed by atoms with Gasteiger partial charge in [0.25, 0.3) is 11.8 Å². The van der Waals surface area contributed by atoms with Gasteiger partial charge in [-0.2, -0.15) is 5.10 Å². The number of carbonyl (C=O) groups is 2. The zero-order valence-electron chi connectivity index (χ0n) is 21.1. The van der Waals surface area contributed by atoms with E-state index in [0.717, 1.165) is 5.56 Å². The summed E-state index contributed by atoms with van der Waals surface area (Å²) in [4.78, 5) is 24.6. The van der Waals surface area contributed by atoms with Crippen molar-refractivity contribution in [3.63, 3.8) is 0 Å². The molecule has 8 nitrogen and oxygen atoms in total. The van der Waals surface area contributed by atoms with E-state index in [2.05, 4.69) is 15.8 Å². The maximum absolute atomic E-state index is 12.4. The highest BCUT2D eigenvalue weighted by Gasteiger charge is 2.18. The predicted molar refractivity (Wildman–Crippen MR) is 154 cm³/mol. The molecule has 0 atom stereocenters. The Morgan fingerprint density at radius 2 is 1.66 bits per heavy atom. The van der Waals surface area contributed by atoms with Gasteiger partial charge in [-0.1, -0.05) is 35.9 Å². The van der Waals surface area contributed by atoms with Gasteiger partial charge in [0.2, 0.25) is 0 Å². The number of aryl methyl sites for hydroxylation is 1. The Labute approximate surface area is 230 Å². The summed E-state index contributed by atoms with van der Waals surface area (Å²) in [6.45, 7) is 1.57. The number of hydrazone groups is 1. The van der Waals surface area contributed by atoms with Crippen molar-refractivity contribution in [1.29, 1.82) is 0 Å². The summed E-state index contributed by atoms with van der Waals surface area (Å²) >= 11 is 3.88. The number of para-hydroxylation sites is 1. The molecule has 2 amide bonds. The molecule has 0 spiro atoms. The largest absolute Gasteiger partial charge is 0.493 e. The van der Waals surface area contributed by atoms with Gasteiger partial charge < -0.3 is 19.5 Å². The van der Waals surface area contributed by atoms with Crippen LogP contribution in [0.3, 0.4) is 0 Å². The predicted octanol–water partition coefficient (Wildman–Crippen LogP) is 5.03. The minimum Gasteiger partial charge on any atom is -0.493 e. The third-order valence-corrected chi connectivity index (χ3v) is 8.55. The molecule has 2 N–H and O–H groups in total. The number of nitrogens with zero attached hydrogens (tertiary/aromatic N) is 1. The van der Waals surface area contributed by atoms with Crippen LogP contribution in [0, 0.1) is 6.92 Å². The Bertz CT molecular complexity index is 1260. The van der Waals surface area contributed by atoms with Crippen LogP contribution in [0.25, 0.3) is 0 Å². The molecule has 38 heavy (non-hydrogen) atoms. The van der Waals surface area contributed by atoms with E-state index in [-0.39, 0.29) is 19.1 Å². The third-order valence-electron chi connectivity index (χ3n) is 5.45. The highest BCUT2D eigenvalue weighted by atomic mass is 32.2. The molecule has 0 bridgehead atoms. The minimum absolute atomic E-state index is 0.176. The molecular weight excluding hydrogens is 522 g/mol. The summed E-state index contributed by atoms with van der Waals surface area (Å²) in [5, 5.41) is 6.80. The van der Waals surface area contributed by atoms with Gasteiger partial charge in [0.05, 0.1) is 17.9 Å². The van der Waals surface area contributed by atoms with Crippen LogP contribution in [-0.2, 0) is 9.59 Å². The Morgan fingerprint density at radius 3 is 2.37 bits per heavy atom. The van der Waals surface area contributed by atoms with E-state index in [0.29, 0.717) is 33.1 Å². The molecule has 0 saturated carbocycles. The fourth-order valence-corrected chi connectivity index (χ4v) is 6.41. The molecule has 3 aromatic rings. The summed E-state index contributed by atoms with van der Waals surface area (Å²) in [7, 11) is 1.51. The van der Waals surface area contributed by atoms with E-state index < -0.39 is 5.91 Å². The maximum Gasteiger partial charge on any atom is 0.277 e. The second-order valence-corrected chi connectivity index (χ2v) is 11.0. The summed E-state index contributed by atoms with van der Waals surface area (Å²) in [5.41, 5.74) is 6.01. The topological polar surface area (TPSA) is 98.2 Å². The molecule has 1 aliphatic rings. The molecule has 4 rings (SSSR count). The fourth-order valence-electron chi connectivity index (χ4n) is 3.55. The van der Waals surface area contributed by atoms with Gasteiger partial charge in [0.1, 0.15) is 5.75 Å². The van der Waals surface area contributed by atoms with Crippen LogP contribution in [0.4, 0.5) is 5.69 Å². The molecular formula is C28H29N3O5S2. The van der Waals surface area contributed by atoms with Crippen molar-refractivity contribution in [2.45, 2.75) is 11.5 Å². The summed E-state index contributed by atoms with van der Waals surface area (Å²) in [5.74, 6) is 3.00. The third kappa shape index (κ3) is 7.93. The summed E-state index contributed by atoms with van der Waals surface area (Å²) < 4.78 is 17.2. The van der Waals surface area contributed by atoms with Gasteiger partial charge in [-0.05, 0) is 48.9 Å². The average molecular weight is 552 g/mol. The van der Waals surface area contributed by atoms with E-state index >= 15 is 0 Å². The van der Waals surface area contributed by atoms with Crippen molar-refractivity contribution in [1.82, 2.24) is 5.43 Å². The number of anilines is 1.